The van der Waals surface area contributed by atoms with Crippen molar-refractivity contribution in [2.75, 3.05) is 13.2 Å². The molecule has 0 aromatic carbocycles. The fraction of sp³-hybridized carbons (Fsp3) is 0.803. The molecule has 0 aliphatic carbocycles. The first kappa shape index (κ1) is 63.6. The predicted molar refractivity (Wildman–Crippen MR) is 288 cm³/mol. The van der Waals surface area contributed by atoms with Crippen LogP contribution in [0.15, 0.2) is 60.8 Å². The largest absolute Gasteiger partial charge is 0.462 e. The zero-order valence-corrected chi connectivity index (χ0v) is 44.0. The minimum atomic E-state index is -0.786. The van der Waals surface area contributed by atoms with E-state index in [0.29, 0.717) is 12.8 Å². The molecular weight excluding hydrogens is 813 g/mol. The Hall–Kier alpha value is -2.40. The summed E-state index contributed by atoms with van der Waals surface area (Å²) in [6, 6.07) is 0. The molecule has 5 heteroatoms. The lowest BCUT2D eigenvalue weighted by Gasteiger charge is -2.15. The first-order chi connectivity index (χ1) is 32.6. The molecule has 0 fully saturated rings. The molecule has 0 aliphatic rings. The van der Waals surface area contributed by atoms with Gasteiger partial charge in [0, 0.05) is 12.8 Å². The molecule has 0 aromatic rings. The number of carbonyl (C=O) groups is 2. The summed E-state index contributed by atoms with van der Waals surface area (Å²) in [7, 11) is 0. The first-order valence-corrected chi connectivity index (χ1v) is 28.8. The number of aliphatic hydroxyl groups is 1. The molecule has 0 aliphatic heterocycles. The van der Waals surface area contributed by atoms with Gasteiger partial charge in [0.15, 0.2) is 6.10 Å². The molecule has 0 rings (SSSR count). The van der Waals surface area contributed by atoms with Gasteiger partial charge in [0.05, 0.1) is 6.61 Å². The second-order valence-corrected chi connectivity index (χ2v) is 19.3. The molecule has 1 N–H and O–H groups in total. The number of allylic oxidation sites excluding steroid dienone is 10. The monoisotopic (exact) mass is 923 g/mol. The maximum absolute atomic E-state index is 12.2. The fourth-order valence-electron chi connectivity index (χ4n) is 8.49. The van der Waals surface area contributed by atoms with Gasteiger partial charge in [-0.2, -0.15) is 0 Å². The first-order valence-electron chi connectivity index (χ1n) is 28.8. The smallest absolute Gasteiger partial charge is 0.306 e. The highest BCUT2D eigenvalue weighted by atomic mass is 16.6. The summed E-state index contributed by atoms with van der Waals surface area (Å²) in [5, 5.41) is 9.60. The molecular formula is C61H110O5. The van der Waals surface area contributed by atoms with Crippen LogP contribution >= 0.6 is 0 Å². The third kappa shape index (κ3) is 54.2. The standard InChI is InChI=1S/C61H110O5/c1-3-5-7-9-11-13-15-17-18-19-20-21-22-23-24-25-26-27-28-29-30-31-32-33-34-35-36-37-38-39-40-41-42-44-45-47-49-51-53-55-60(63)65-58-59(57-62)66-61(64)56-54-52-50-48-46-43-16-14-12-10-8-6-4-2/h6,8,12,14-15,17,19-20,43,46,59,62H,3-5,7,9-11,13,16,18,21-42,44-45,47-58H2,1-2H3/b8-6-,14-12-,17-15-,20-19-,46-43-. The zero-order valence-electron chi connectivity index (χ0n) is 44.0. The van der Waals surface area contributed by atoms with Gasteiger partial charge in [-0.15, -0.1) is 0 Å². The van der Waals surface area contributed by atoms with E-state index in [4.69, 9.17) is 9.47 Å². The van der Waals surface area contributed by atoms with E-state index < -0.39 is 6.10 Å². The maximum atomic E-state index is 12.2. The summed E-state index contributed by atoms with van der Waals surface area (Å²) in [5.74, 6) is -0.616. The fourth-order valence-corrected chi connectivity index (χ4v) is 8.49. The van der Waals surface area contributed by atoms with E-state index in [2.05, 4.69) is 74.6 Å². The molecule has 384 valence electrons. The van der Waals surface area contributed by atoms with Crippen molar-refractivity contribution in [3.05, 3.63) is 60.8 Å². The molecule has 5 nitrogen and oxygen atoms in total. The lowest BCUT2D eigenvalue weighted by Crippen LogP contribution is -2.28. The Morgan fingerprint density at radius 1 is 0.364 bits per heavy atom. The quantitative estimate of drug-likeness (QED) is 0.0374. The van der Waals surface area contributed by atoms with Crippen LogP contribution in [0.3, 0.4) is 0 Å². The minimum Gasteiger partial charge on any atom is -0.462 e. The van der Waals surface area contributed by atoms with Crippen molar-refractivity contribution < 1.29 is 24.2 Å². The second kappa shape index (κ2) is 56.9. The van der Waals surface area contributed by atoms with Crippen LogP contribution < -0.4 is 0 Å². The average Bonchev–Trinajstić information content (AvgIpc) is 3.32. The van der Waals surface area contributed by atoms with Crippen LogP contribution in [0.25, 0.3) is 0 Å². The van der Waals surface area contributed by atoms with E-state index in [0.717, 1.165) is 70.6 Å². The normalized spacial score (nSPS) is 12.6. The summed E-state index contributed by atoms with van der Waals surface area (Å²) >= 11 is 0. The van der Waals surface area contributed by atoms with Crippen LogP contribution in [0, 0.1) is 0 Å². The summed E-state index contributed by atoms with van der Waals surface area (Å²) < 4.78 is 10.6. The van der Waals surface area contributed by atoms with E-state index in [1.807, 2.05) is 0 Å². The summed E-state index contributed by atoms with van der Waals surface area (Å²) in [5.41, 5.74) is 0. The molecule has 0 saturated carbocycles. The summed E-state index contributed by atoms with van der Waals surface area (Å²) in [4.78, 5) is 24.4. The third-order valence-electron chi connectivity index (χ3n) is 12.8. The number of ether oxygens (including phenoxy) is 2. The van der Waals surface area contributed by atoms with Gasteiger partial charge in [0.25, 0.3) is 0 Å². The van der Waals surface area contributed by atoms with E-state index >= 15 is 0 Å². The van der Waals surface area contributed by atoms with Crippen LogP contribution in [0.5, 0.6) is 0 Å². The lowest BCUT2D eigenvalue weighted by molar-refractivity contribution is -0.161. The van der Waals surface area contributed by atoms with Crippen molar-refractivity contribution in [1.82, 2.24) is 0 Å². The number of aliphatic hydroxyl groups excluding tert-OH is 1. The number of rotatable bonds is 53. The summed E-state index contributed by atoms with van der Waals surface area (Å²) in [6.45, 7) is 4.01. The molecule has 0 spiro atoms. The number of unbranched alkanes of at least 4 members (excludes halogenated alkanes) is 35. The zero-order chi connectivity index (χ0) is 47.7. The van der Waals surface area contributed by atoms with Crippen molar-refractivity contribution in [2.45, 2.75) is 302 Å². The third-order valence-corrected chi connectivity index (χ3v) is 12.8. The molecule has 1 unspecified atom stereocenters. The van der Waals surface area contributed by atoms with E-state index in [-0.39, 0.29) is 25.2 Å². The van der Waals surface area contributed by atoms with Crippen molar-refractivity contribution in [3.8, 4) is 0 Å². The topological polar surface area (TPSA) is 72.8 Å². The summed E-state index contributed by atoms with van der Waals surface area (Å²) in [6.07, 6.45) is 76.6. The highest BCUT2D eigenvalue weighted by Gasteiger charge is 2.16. The molecule has 1 atom stereocenters. The van der Waals surface area contributed by atoms with Crippen molar-refractivity contribution in [3.63, 3.8) is 0 Å². The Bertz CT molecular complexity index is 1130. The van der Waals surface area contributed by atoms with Gasteiger partial charge in [-0.3, -0.25) is 9.59 Å². The minimum absolute atomic E-state index is 0.0761. The Morgan fingerprint density at radius 2 is 0.652 bits per heavy atom. The van der Waals surface area contributed by atoms with Gasteiger partial charge < -0.3 is 14.6 Å². The van der Waals surface area contributed by atoms with Gasteiger partial charge in [-0.05, 0) is 77.0 Å². The van der Waals surface area contributed by atoms with Gasteiger partial charge in [0.2, 0.25) is 0 Å². The van der Waals surface area contributed by atoms with Crippen LogP contribution in [-0.2, 0) is 19.1 Å². The number of esters is 2. The molecule has 0 heterocycles. The van der Waals surface area contributed by atoms with E-state index in [1.54, 1.807) is 0 Å². The maximum Gasteiger partial charge on any atom is 0.306 e. The van der Waals surface area contributed by atoms with Crippen LogP contribution in [0.1, 0.15) is 296 Å². The Kier molecular flexibility index (Phi) is 54.9. The van der Waals surface area contributed by atoms with Gasteiger partial charge in [0.1, 0.15) is 6.61 Å². The van der Waals surface area contributed by atoms with Crippen LogP contribution in [0.2, 0.25) is 0 Å². The van der Waals surface area contributed by atoms with E-state index in [1.165, 1.54) is 199 Å². The lowest BCUT2D eigenvalue weighted by atomic mass is 10.0. The van der Waals surface area contributed by atoms with Crippen molar-refractivity contribution >= 4 is 11.9 Å². The Labute approximate surface area is 411 Å². The van der Waals surface area contributed by atoms with Crippen molar-refractivity contribution in [1.29, 1.82) is 0 Å². The van der Waals surface area contributed by atoms with E-state index in [9.17, 15) is 14.7 Å². The Balaban J connectivity index is 3.37. The molecule has 0 aromatic heterocycles. The highest BCUT2D eigenvalue weighted by Crippen LogP contribution is 2.17. The average molecular weight is 924 g/mol. The second-order valence-electron chi connectivity index (χ2n) is 19.3. The number of carbonyl (C=O) groups excluding carboxylic acids is 2. The molecule has 0 radical (unpaired) electrons. The highest BCUT2D eigenvalue weighted by molar-refractivity contribution is 5.70. The molecule has 0 bridgehead atoms. The molecule has 0 amide bonds. The SMILES string of the molecule is CC/C=C\C/C=C\C/C=C\CCCCCC(=O)OC(CO)COC(=O)CCCCCCCCCCCCCCCCCCCCCCCCCCCCC/C=C\C/C=C\CCCCCCC. The molecule has 66 heavy (non-hydrogen) atoms. The van der Waals surface area contributed by atoms with Crippen molar-refractivity contribution in [2.24, 2.45) is 0 Å². The van der Waals surface area contributed by atoms with Crippen LogP contribution in [0.4, 0.5) is 0 Å². The predicted octanol–water partition coefficient (Wildman–Crippen LogP) is 19.4. The van der Waals surface area contributed by atoms with Gasteiger partial charge >= 0.3 is 11.9 Å². The van der Waals surface area contributed by atoms with Gasteiger partial charge in [-0.25, -0.2) is 0 Å². The van der Waals surface area contributed by atoms with Gasteiger partial charge in [-0.1, -0.05) is 267 Å². The Morgan fingerprint density at radius 3 is 1.00 bits per heavy atom. The van der Waals surface area contributed by atoms with Crippen LogP contribution in [-0.4, -0.2) is 36.4 Å². The number of hydrogen-bond acceptors (Lipinski definition) is 5. The molecule has 0 saturated heterocycles. The number of hydrogen-bond donors (Lipinski definition) is 1.